The van der Waals surface area contributed by atoms with Crippen molar-refractivity contribution in [2.75, 3.05) is 25.5 Å². The van der Waals surface area contributed by atoms with Crippen molar-refractivity contribution in [3.05, 3.63) is 54.0 Å². The smallest absolute Gasteiger partial charge is 0.274 e. The minimum Gasteiger partial charge on any atom is -0.361 e. The van der Waals surface area contributed by atoms with E-state index in [1.807, 2.05) is 55.3 Å². The molecule has 0 N–H and O–H groups in total. The Morgan fingerprint density at radius 1 is 1.27 bits per heavy atom. The summed E-state index contributed by atoms with van der Waals surface area (Å²) in [5.74, 6) is 0.822. The molecule has 0 bridgehead atoms. The fourth-order valence-corrected chi connectivity index (χ4v) is 3.50. The molecule has 134 valence electrons. The highest BCUT2D eigenvalue weighted by atomic mass is 16.2. The lowest BCUT2D eigenvalue weighted by Crippen LogP contribution is -2.32. The largest absolute Gasteiger partial charge is 0.361 e. The van der Waals surface area contributed by atoms with Gasteiger partial charge in [-0.1, -0.05) is 0 Å². The minimum absolute atomic E-state index is 0.0453. The average Bonchev–Trinajstić information content (AvgIpc) is 3.29. The van der Waals surface area contributed by atoms with Crippen LogP contribution >= 0.6 is 0 Å². The number of aromatic nitrogens is 4. The van der Waals surface area contributed by atoms with E-state index >= 15 is 0 Å². The van der Waals surface area contributed by atoms with Gasteiger partial charge in [-0.2, -0.15) is 0 Å². The van der Waals surface area contributed by atoms with Crippen LogP contribution in [-0.2, 0) is 0 Å². The standard InChI is InChI=1S/C19H22N6O/c1-13-10-21-14(11-20-13)19(26)25-9-5-6-16(25)15-12-24-8-4-7-17(24)18(22-15)23(2)3/h4,7-8,10-12,16H,5-6,9H2,1-3H3. The molecule has 4 heterocycles. The minimum atomic E-state index is -0.0826. The van der Waals surface area contributed by atoms with Gasteiger partial charge in [0.05, 0.1) is 29.1 Å². The van der Waals surface area contributed by atoms with Gasteiger partial charge in [0.2, 0.25) is 0 Å². The maximum Gasteiger partial charge on any atom is 0.274 e. The van der Waals surface area contributed by atoms with Crippen LogP contribution in [0.3, 0.4) is 0 Å². The second-order valence-corrected chi connectivity index (χ2v) is 6.88. The van der Waals surface area contributed by atoms with Crippen molar-refractivity contribution in [3.63, 3.8) is 0 Å². The third kappa shape index (κ3) is 2.79. The Bertz CT molecular complexity index is 946. The van der Waals surface area contributed by atoms with Crippen LogP contribution in [0, 0.1) is 6.92 Å². The first-order valence-electron chi connectivity index (χ1n) is 8.79. The van der Waals surface area contributed by atoms with E-state index in [-0.39, 0.29) is 11.9 Å². The lowest BCUT2D eigenvalue weighted by molar-refractivity contribution is 0.0726. The lowest BCUT2D eigenvalue weighted by Gasteiger charge is -2.25. The molecule has 1 saturated heterocycles. The van der Waals surface area contributed by atoms with Gasteiger partial charge in [0.1, 0.15) is 5.69 Å². The van der Waals surface area contributed by atoms with Gasteiger partial charge >= 0.3 is 0 Å². The van der Waals surface area contributed by atoms with Crippen molar-refractivity contribution in [1.82, 2.24) is 24.3 Å². The Hall–Kier alpha value is -2.96. The number of hydrogen-bond donors (Lipinski definition) is 0. The molecule has 3 aromatic heterocycles. The van der Waals surface area contributed by atoms with Crippen molar-refractivity contribution in [3.8, 4) is 0 Å². The third-order valence-electron chi connectivity index (χ3n) is 4.79. The molecule has 1 aliphatic rings. The molecule has 1 amide bonds. The first kappa shape index (κ1) is 16.5. The van der Waals surface area contributed by atoms with Crippen LogP contribution in [0.15, 0.2) is 36.9 Å². The van der Waals surface area contributed by atoms with E-state index in [4.69, 9.17) is 4.98 Å². The summed E-state index contributed by atoms with van der Waals surface area (Å²) >= 11 is 0. The van der Waals surface area contributed by atoms with Crippen molar-refractivity contribution in [1.29, 1.82) is 0 Å². The van der Waals surface area contributed by atoms with Gasteiger partial charge in [-0.05, 0) is 31.9 Å². The summed E-state index contributed by atoms with van der Waals surface area (Å²) in [6.07, 6.45) is 9.09. The van der Waals surface area contributed by atoms with Gasteiger partial charge in [-0.3, -0.25) is 9.78 Å². The van der Waals surface area contributed by atoms with Gasteiger partial charge in [-0.15, -0.1) is 0 Å². The Morgan fingerprint density at radius 3 is 2.85 bits per heavy atom. The van der Waals surface area contributed by atoms with Crippen LogP contribution < -0.4 is 4.90 Å². The van der Waals surface area contributed by atoms with Crippen LogP contribution in [-0.4, -0.2) is 50.8 Å². The van der Waals surface area contributed by atoms with Gasteiger partial charge in [0, 0.05) is 39.2 Å². The predicted molar refractivity (Wildman–Crippen MR) is 99.3 cm³/mol. The Kier molecular flexibility index (Phi) is 4.06. The molecule has 0 saturated carbocycles. The second kappa shape index (κ2) is 6.40. The van der Waals surface area contributed by atoms with Crippen LogP contribution in [0.1, 0.15) is 40.8 Å². The number of carbonyl (C=O) groups is 1. The van der Waals surface area contributed by atoms with E-state index in [1.54, 1.807) is 12.4 Å². The molecule has 1 atom stereocenters. The SMILES string of the molecule is Cc1cnc(C(=O)N2CCCC2c2cn3cccc3c(N(C)C)n2)cn1. The molecule has 7 nitrogen and oxygen atoms in total. The highest BCUT2D eigenvalue weighted by Crippen LogP contribution is 2.33. The molecule has 7 heteroatoms. The number of fused-ring (bicyclic) bond motifs is 1. The molecule has 3 aromatic rings. The van der Waals surface area contributed by atoms with Gasteiger partial charge < -0.3 is 14.2 Å². The van der Waals surface area contributed by atoms with E-state index < -0.39 is 0 Å². The van der Waals surface area contributed by atoms with E-state index in [0.717, 1.165) is 35.6 Å². The van der Waals surface area contributed by atoms with Crippen molar-refractivity contribution < 1.29 is 4.79 Å². The summed E-state index contributed by atoms with van der Waals surface area (Å²) in [6.45, 7) is 2.57. The number of amides is 1. The fourth-order valence-electron chi connectivity index (χ4n) is 3.50. The van der Waals surface area contributed by atoms with Crippen LogP contribution in [0.4, 0.5) is 5.82 Å². The molecule has 1 aliphatic heterocycles. The highest BCUT2D eigenvalue weighted by molar-refractivity contribution is 5.92. The number of anilines is 1. The fraction of sp³-hybridized carbons (Fsp3) is 0.368. The summed E-state index contributed by atoms with van der Waals surface area (Å²) in [5.41, 5.74) is 3.15. The zero-order chi connectivity index (χ0) is 18.3. The molecule has 26 heavy (non-hydrogen) atoms. The molecule has 1 fully saturated rings. The quantitative estimate of drug-likeness (QED) is 0.726. The van der Waals surface area contributed by atoms with E-state index in [2.05, 4.69) is 14.4 Å². The van der Waals surface area contributed by atoms with E-state index in [1.165, 1.54) is 0 Å². The second-order valence-electron chi connectivity index (χ2n) is 6.88. The molecule has 0 aliphatic carbocycles. The average molecular weight is 350 g/mol. The lowest BCUT2D eigenvalue weighted by atomic mass is 10.1. The number of nitrogens with zero attached hydrogens (tertiary/aromatic N) is 6. The van der Waals surface area contributed by atoms with Gasteiger partial charge in [0.25, 0.3) is 5.91 Å². The van der Waals surface area contributed by atoms with Crippen molar-refractivity contribution in [2.24, 2.45) is 0 Å². The molecular weight excluding hydrogens is 328 g/mol. The molecule has 4 rings (SSSR count). The maximum absolute atomic E-state index is 13.0. The normalized spacial score (nSPS) is 17.0. The van der Waals surface area contributed by atoms with Gasteiger partial charge in [-0.25, -0.2) is 9.97 Å². The number of rotatable bonds is 3. The zero-order valence-electron chi connectivity index (χ0n) is 15.3. The van der Waals surface area contributed by atoms with Gasteiger partial charge in [0.15, 0.2) is 5.82 Å². The monoisotopic (exact) mass is 350 g/mol. The van der Waals surface area contributed by atoms with Crippen LogP contribution in [0.5, 0.6) is 0 Å². The van der Waals surface area contributed by atoms with Crippen LogP contribution in [0.2, 0.25) is 0 Å². The number of aryl methyl sites for hydroxylation is 1. The number of likely N-dealkylation sites (tertiary alicyclic amines) is 1. The first-order chi connectivity index (χ1) is 12.5. The molecule has 0 radical (unpaired) electrons. The van der Waals surface area contributed by atoms with E-state index in [9.17, 15) is 4.79 Å². The zero-order valence-corrected chi connectivity index (χ0v) is 15.3. The first-order valence-corrected chi connectivity index (χ1v) is 8.79. The topological polar surface area (TPSA) is 66.6 Å². The molecule has 1 unspecified atom stereocenters. The molecule has 0 aromatic carbocycles. The molecule has 0 spiro atoms. The summed E-state index contributed by atoms with van der Waals surface area (Å²) in [4.78, 5) is 30.2. The summed E-state index contributed by atoms with van der Waals surface area (Å²) in [5, 5.41) is 0. The predicted octanol–water partition coefficient (Wildman–Crippen LogP) is 2.48. The number of hydrogen-bond acceptors (Lipinski definition) is 5. The van der Waals surface area contributed by atoms with E-state index in [0.29, 0.717) is 12.2 Å². The van der Waals surface area contributed by atoms with Crippen molar-refractivity contribution >= 4 is 17.2 Å². The number of carbonyl (C=O) groups excluding carboxylic acids is 1. The van der Waals surface area contributed by atoms with Crippen molar-refractivity contribution in [2.45, 2.75) is 25.8 Å². The Labute approximate surface area is 152 Å². The Balaban J connectivity index is 1.71. The third-order valence-corrected chi connectivity index (χ3v) is 4.79. The maximum atomic E-state index is 13.0. The summed E-state index contributed by atoms with van der Waals surface area (Å²) in [6, 6.07) is 4.01. The Morgan fingerprint density at radius 2 is 2.12 bits per heavy atom. The summed E-state index contributed by atoms with van der Waals surface area (Å²) < 4.78 is 2.07. The van der Waals surface area contributed by atoms with Crippen LogP contribution in [0.25, 0.3) is 5.52 Å². The highest BCUT2D eigenvalue weighted by Gasteiger charge is 2.33. The molecular formula is C19H22N6O. The summed E-state index contributed by atoms with van der Waals surface area (Å²) in [7, 11) is 3.97.